The summed E-state index contributed by atoms with van der Waals surface area (Å²) in [7, 11) is 0. The molecular formula is C19H31F2IN4. The van der Waals surface area contributed by atoms with E-state index in [0.29, 0.717) is 24.6 Å². The molecule has 7 heteroatoms. The number of hydrogen-bond acceptors (Lipinski definition) is 2. The number of halogens is 3. The third-order valence-electron chi connectivity index (χ3n) is 4.41. The Balaban J connectivity index is 0.00000338. The van der Waals surface area contributed by atoms with E-state index < -0.39 is 11.6 Å². The van der Waals surface area contributed by atoms with Crippen LogP contribution in [-0.4, -0.2) is 49.6 Å². The highest BCUT2D eigenvalue weighted by Crippen LogP contribution is 2.11. The summed E-state index contributed by atoms with van der Waals surface area (Å²) in [6.45, 7) is 8.93. The van der Waals surface area contributed by atoms with Crippen molar-refractivity contribution < 1.29 is 8.78 Å². The summed E-state index contributed by atoms with van der Waals surface area (Å²) in [5, 5.41) is 6.75. The van der Waals surface area contributed by atoms with Gasteiger partial charge in [-0.15, -0.1) is 24.0 Å². The predicted octanol–water partition coefficient (Wildman–Crippen LogP) is 3.55. The second-order valence-electron chi connectivity index (χ2n) is 6.55. The lowest BCUT2D eigenvalue weighted by Gasteiger charge is -2.32. The number of aliphatic imine (C=N–C) groups is 1. The van der Waals surface area contributed by atoms with Crippen LogP contribution in [0, 0.1) is 11.6 Å². The minimum Gasteiger partial charge on any atom is -0.357 e. The number of likely N-dealkylation sites (tertiary alicyclic amines) is 1. The van der Waals surface area contributed by atoms with Crippen molar-refractivity contribution >= 4 is 29.9 Å². The molecule has 2 N–H and O–H groups in total. The average molecular weight is 480 g/mol. The Labute approximate surface area is 172 Å². The van der Waals surface area contributed by atoms with Crippen molar-refractivity contribution in [3.63, 3.8) is 0 Å². The molecule has 148 valence electrons. The maximum absolute atomic E-state index is 13.2. The molecule has 0 amide bonds. The van der Waals surface area contributed by atoms with Crippen molar-refractivity contribution in [1.82, 2.24) is 15.5 Å². The fraction of sp³-hybridized carbons (Fsp3) is 0.632. The third kappa shape index (κ3) is 8.16. The molecule has 1 aromatic rings. The van der Waals surface area contributed by atoms with E-state index in [1.165, 1.54) is 25.1 Å². The Morgan fingerprint density at radius 2 is 1.81 bits per heavy atom. The van der Waals surface area contributed by atoms with Crippen LogP contribution in [0.15, 0.2) is 23.2 Å². The highest BCUT2D eigenvalue weighted by Gasteiger charge is 2.19. The van der Waals surface area contributed by atoms with Gasteiger partial charge >= 0.3 is 0 Å². The maximum Gasteiger partial charge on any atom is 0.191 e. The molecule has 2 rings (SSSR count). The van der Waals surface area contributed by atoms with Crippen LogP contribution in [0.5, 0.6) is 0 Å². The molecule has 0 unspecified atom stereocenters. The van der Waals surface area contributed by atoms with Crippen molar-refractivity contribution in [2.45, 2.75) is 45.6 Å². The van der Waals surface area contributed by atoms with Crippen LogP contribution in [0.2, 0.25) is 0 Å². The molecule has 0 radical (unpaired) electrons. The topological polar surface area (TPSA) is 39.7 Å². The lowest BCUT2D eigenvalue weighted by atomic mass is 10.1. The second kappa shape index (κ2) is 12.4. The Morgan fingerprint density at radius 3 is 2.38 bits per heavy atom. The molecule has 1 saturated heterocycles. The molecule has 0 atom stereocenters. The van der Waals surface area contributed by atoms with Gasteiger partial charge in [0.05, 0.1) is 0 Å². The van der Waals surface area contributed by atoms with E-state index in [2.05, 4.69) is 27.4 Å². The molecule has 26 heavy (non-hydrogen) atoms. The molecule has 1 aliphatic rings. The molecule has 0 bridgehead atoms. The summed E-state index contributed by atoms with van der Waals surface area (Å²) < 4.78 is 26.5. The summed E-state index contributed by atoms with van der Waals surface area (Å²) in [5.74, 6) is -0.293. The molecule has 0 saturated carbocycles. The lowest BCUT2D eigenvalue weighted by Crippen LogP contribution is -2.48. The molecule has 4 nitrogen and oxygen atoms in total. The van der Waals surface area contributed by atoms with E-state index in [1.807, 2.05) is 6.92 Å². The first kappa shape index (κ1) is 23.1. The van der Waals surface area contributed by atoms with Gasteiger partial charge in [-0.3, -0.25) is 4.99 Å². The number of hydrogen-bond donors (Lipinski definition) is 2. The van der Waals surface area contributed by atoms with Crippen molar-refractivity contribution in [3.8, 4) is 0 Å². The van der Waals surface area contributed by atoms with Gasteiger partial charge < -0.3 is 15.5 Å². The van der Waals surface area contributed by atoms with Crippen LogP contribution >= 0.6 is 24.0 Å². The Hall–Kier alpha value is -0.960. The molecule has 1 aromatic carbocycles. The van der Waals surface area contributed by atoms with Gasteiger partial charge in [-0.05, 0) is 56.8 Å². The summed E-state index contributed by atoms with van der Waals surface area (Å²) >= 11 is 0. The van der Waals surface area contributed by atoms with Crippen LogP contribution in [0.3, 0.4) is 0 Å². The van der Waals surface area contributed by atoms with Crippen molar-refractivity contribution in [2.75, 3.05) is 32.7 Å². The van der Waals surface area contributed by atoms with Crippen LogP contribution in [0.25, 0.3) is 0 Å². The summed E-state index contributed by atoms with van der Waals surface area (Å²) in [4.78, 5) is 7.05. The predicted molar refractivity (Wildman–Crippen MR) is 114 cm³/mol. The molecule has 0 aromatic heterocycles. The first-order valence-corrected chi connectivity index (χ1v) is 9.33. The average Bonchev–Trinajstić information content (AvgIpc) is 2.56. The van der Waals surface area contributed by atoms with Crippen LogP contribution in [0.1, 0.15) is 38.7 Å². The Kier molecular flexibility index (Phi) is 11.0. The first-order chi connectivity index (χ1) is 12.1. The van der Waals surface area contributed by atoms with Gasteiger partial charge in [0.2, 0.25) is 0 Å². The standard InChI is InChI=1S/C19H30F2N4.HI/c1-3-9-25-10-6-18(7-11-25)24-19(22-4-2)23-8-5-15-12-16(20)14-17(21)13-15;/h12-14,18H,3-11H2,1-2H3,(H2,22,23,24);1H. The number of piperidine rings is 1. The van der Waals surface area contributed by atoms with E-state index in [4.69, 9.17) is 0 Å². The van der Waals surface area contributed by atoms with Crippen LogP contribution in [0.4, 0.5) is 8.78 Å². The Morgan fingerprint density at radius 1 is 1.15 bits per heavy atom. The number of nitrogens with zero attached hydrogens (tertiary/aromatic N) is 2. The highest BCUT2D eigenvalue weighted by atomic mass is 127. The fourth-order valence-corrected chi connectivity index (χ4v) is 3.18. The molecule has 1 heterocycles. The largest absolute Gasteiger partial charge is 0.357 e. The third-order valence-corrected chi connectivity index (χ3v) is 4.41. The van der Waals surface area contributed by atoms with Gasteiger partial charge in [0.15, 0.2) is 5.96 Å². The van der Waals surface area contributed by atoms with Crippen molar-refractivity contribution in [2.24, 2.45) is 4.99 Å². The van der Waals surface area contributed by atoms with E-state index >= 15 is 0 Å². The minimum absolute atomic E-state index is 0. The summed E-state index contributed by atoms with van der Waals surface area (Å²) in [6, 6.07) is 4.05. The van der Waals surface area contributed by atoms with Crippen molar-refractivity contribution in [1.29, 1.82) is 0 Å². The molecule has 0 spiro atoms. The van der Waals surface area contributed by atoms with Gasteiger partial charge in [0, 0.05) is 38.3 Å². The second-order valence-corrected chi connectivity index (χ2v) is 6.55. The van der Waals surface area contributed by atoms with E-state index in [1.54, 1.807) is 0 Å². The summed E-state index contributed by atoms with van der Waals surface area (Å²) in [6.07, 6.45) is 3.93. The SMILES string of the molecule is CCCN1CCC(NC(=NCCc2cc(F)cc(F)c2)NCC)CC1.I. The van der Waals surface area contributed by atoms with Crippen LogP contribution in [-0.2, 0) is 6.42 Å². The molecule has 1 fully saturated rings. The Bertz CT molecular complexity index is 540. The fourth-order valence-electron chi connectivity index (χ4n) is 3.18. The van der Waals surface area contributed by atoms with E-state index in [9.17, 15) is 8.78 Å². The van der Waals surface area contributed by atoms with E-state index in [0.717, 1.165) is 44.5 Å². The quantitative estimate of drug-likeness (QED) is 0.356. The zero-order chi connectivity index (χ0) is 18.1. The van der Waals surface area contributed by atoms with Gasteiger partial charge in [-0.25, -0.2) is 8.78 Å². The number of rotatable bonds is 7. The lowest BCUT2D eigenvalue weighted by molar-refractivity contribution is 0.206. The maximum atomic E-state index is 13.2. The molecular weight excluding hydrogens is 449 g/mol. The monoisotopic (exact) mass is 480 g/mol. The zero-order valence-electron chi connectivity index (χ0n) is 15.7. The minimum atomic E-state index is -0.539. The number of benzene rings is 1. The molecule has 0 aliphatic carbocycles. The first-order valence-electron chi connectivity index (χ1n) is 9.33. The van der Waals surface area contributed by atoms with E-state index in [-0.39, 0.29) is 24.0 Å². The van der Waals surface area contributed by atoms with Gasteiger partial charge in [0.25, 0.3) is 0 Å². The zero-order valence-corrected chi connectivity index (χ0v) is 18.1. The number of nitrogens with one attached hydrogen (secondary N) is 2. The number of guanidine groups is 1. The van der Waals surface area contributed by atoms with Crippen molar-refractivity contribution in [3.05, 3.63) is 35.4 Å². The van der Waals surface area contributed by atoms with Crippen LogP contribution < -0.4 is 10.6 Å². The van der Waals surface area contributed by atoms with Gasteiger partial charge in [-0.1, -0.05) is 6.92 Å². The van der Waals surface area contributed by atoms with Gasteiger partial charge in [-0.2, -0.15) is 0 Å². The van der Waals surface area contributed by atoms with Gasteiger partial charge in [0.1, 0.15) is 11.6 Å². The smallest absolute Gasteiger partial charge is 0.191 e. The molecule has 1 aliphatic heterocycles. The highest BCUT2D eigenvalue weighted by molar-refractivity contribution is 14.0. The normalized spacial score (nSPS) is 16.2. The summed E-state index contributed by atoms with van der Waals surface area (Å²) in [5.41, 5.74) is 0.630.